The van der Waals surface area contributed by atoms with Crippen LogP contribution in [0.2, 0.25) is 0 Å². The first kappa shape index (κ1) is 31.1. The number of aromatic hydroxyl groups is 1. The van der Waals surface area contributed by atoms with Crippen molar-refractivity contribution in [3.63, 3.8) is 0 Å². The Bertz CT molecular complexity index is 843. The first-order valence-corrected chi connectivity index (χ1v) is 13.0. The van der Waals surface area contributed by atoms with Crippen LogP contribution in [-0.2, 0) is 25.6 Å². The maximum absolute atomic E-state index is 13.4. The first-order chi connectivity index (χ1) is 17.1. The van der Waals surface area contributed by atoms with Gasteiger partial charge in [0.15, 0.2) is 5.78 Å². The van der Waals surface area contributed by atoms with Crippen LogP contribution >= 0.6 is 0 Å². The average molecular weight is 505 g/mol. The Hall–Kier alpha value is -2.94. The Morgan fingerprint density at radius 3 is 2.14 bits per heavy atom. The summed E-state index contributed by atoms with van der Waals surface area (Å²) in [6.07, 6.45) is 5.60. The Morgan fingerprint density at radius 1 is 0.917 bits per heavy atom. The van der Waals surface area contributed by atoms with Crippen LogP contribution < -0.4 is 22.1 Å². The zero-order valence-corrected chi connectivity index (χ0v) is 21.9. The number of amides is 3. The van der Waals surface area contributed by atoms with E-state index in [1.807, 2.05) is 20.8 Å². The summed E-state index contributed by atoms with van der Waals surface area (Å²) in [6, 6.07) is 4.06. The van der Waals surface area contributed by atoms with Crippen molar-refractivity contribution in [3.05, 3.63) is 29.8 Å². The zero-order chi connectivity index (χ0) is 27.1. The number of primary amides is 1. The molecule has 7 N–H and O–H groups in total. The molecule has 0 fully saturated rings. The molecule has 0 bridgehead atoms. The second-order valence-electron chi connectivity index (χ2n) is 9.55. The van der Waals surface area contributed by atoms with E-state index in [0.717, 1.165) is 18.4 Å². The summed E-state index contributed by atoms with van der Waals surface area (Å²) in [4.78, 5) is 50.0. The van der Waals surface area contributed by atoms with E-state index in [2.05, 4.69) is 10.6 Å². The van der Waals surface area contributed by atoms with Gasteiger partial charge in [0, 0.05) is 19.3 Å². The number of nitrogens with two attached hydrogens (primary N) is 2. The predicted molar refractivity (Wildman–Crippen MR) is 140 cm³/mol. The normalized spacial score (nSPS) is 14.3. The van der Waals surface area contributed by atoms with Gasteiger partial charge in [-0.05, 0) is 42.9 Å². The average Bonchev–Trinajstić information content (AvgIpc) is 2.85. The molecular formula is C27H44N4O5. The largest absolute Gasteiger partial charge is 0.508 e. The third-order valence-corrected chi connectivity index (χ3v) is 6.42. The summed E-state index contributed by atoms with van der Waals surface area (Å²) in [7, 11) is 0. The highest BCUT2D eigenvalue weighted by molar-refractivity contribution is 5.93. The van der Waals surface area contributed by atoms with Crippen molar-refractivity contribution in [2.24, 2.45) is 17.4 Å². The highest BCUT2D eigenvalue weighted by Crippen LogP contribution is 2.15. The molecule has 0 saturated heterocycles. The molecule has 202 valence electrons. The molecule has 0 spiro atoms. The number of unbranched alkanes of at least 4 members (excludes halogenated alkanes) is 3. The molecule has 1 aromatic rings. The van der Waals surface area contributed by atoms with E-state index >= 15 is 0 Å². The zero-order valence-electron chi connectivity index (χ0n) is 21.9. The van der Waals surface area contributed by atoms with E-state index in [1.54, 1.807) is 12.1 Å². The van der Waals surface area contributed by atoms with Gasteiger partial charge in [-0.25, -0.2) is 0 Å². The number of nitrogens with one attached hydrogen (secondary N) is 2. The molecule has 9 heteroatoms. The molecule has 0 heterocycles. The van der Waals surface area contributed by atoms with Gasteiger partial charge in [0.25, 0.3) is 0 Å². The van der Waals surface area contributed by atoms with Crippen molar-refractivity contribution in [2.75, 3.05) is 0 Å². The van der Waals surface area contributed by atoms with E-state index in [1.165, 1.54) is 12.1 Å². The topological polar surface area (TPSA) is 165 Å². The molecule has 1 rings (SSSR count). The lowest BCUT2D eigenvalue weighted by Gasteiger charge is -2.27. The second kappa shape index (κ2) is 16.7. The lowest BCUT2D eigenvalue weighted by molar-refractivity contribution is -0.132. The summed E-state index contributed by atoms with van der Waals surface area (Å²) in [5, 5.41) is 15.2. The predicted octanol–water partition coefficient (Wildman–Crippen LogP) is 2.47. The lowest BCUT2D eigenvalue weighted by atomic mass is 9.92. The molecule has 4 atom stereocenters. The van der Waals surface area contributed by atoms with Gasteiger partial charge in [0.1, 0.15) is 11.8 Å². The number of ketones is 1. The summed E-state index contributed by atoms with van der Waals surface area (Å²) >= 11 is 0. The second-order valence-corrected chi connectivity index (χ2v) is 9.55. The van der Waals surface area contributed by atoms with Crippen LogP contribution in [0.5, 0.6) is 5.75 Å². The number of hydrogen-bond donors (Lipinski definition) is 5. The van der Waals surface area contributed by atoms with Crippen LogP contribution in [0.15, 0.2) is 24.3 Å². The number of carbonyl (C=O) groups excluding carboxylic acids is 4. The summed E-state index contributed by atoms with van der Waals surface area (Å²) < 4.78 is 0. The molecular weight excluding hydrogens is 460 g/mol. The van der Waals surface area contributed by atoms with Crippen LogP contribution in [0.4, 0.5) is 0 Å². The fourth-order valence-corrected chi connectivity index (χ4v) is 3.87. The van der Waals surface area contributed by atoms with E-state index in [9.17, 15) is 24.3 Å². The quantitative estimate of drug-likeness (QED) is 0.193. The SMILES string of the molecule is CCCC[C@H](N)C(=O)N[C@@H](Cc1ccc(O)cc1)C(=O)N[C@H](C(=O)CCCCCC(N)=O)[C@@H](C)CC. The fraction of sp³-hybridized carbons (Fsp3) is 0.630. The van der Waals surface area contributed by atoms with Crippen LogP contribution in [0, 0.1) is 5.92 Å². The Balaban J connectivity index is 2.95. The van der Waals surface area contributed by atoms with Gasteiger partial charge in [-0.2, -0.15) is 0 Å². The van der Waals surface area contributed by atoms with Crippen LogP contribution in [0.1, 0.15) is 84.1 Å². The molecule has 0 aliphatic rings. The standard InChI is InChI=1S/C27H44N4O5/c1-4-6-10-21(28)26(35)30-22(17-19-13-15-20(32)16-14-19)27(36)31-25(18(3)5-2)23(33)11-8-7-9-12-24(29)34/h13-16,18,21-22,25,32H,4-12,17,28H2,1-3H3,(H2,29,34)(H,30,35)(H,31,36)/t18-,21-,22-,25-/m0/s1. The van der Waals surface area contributed by atoms with Crippen molar-refractivity contribution in [3.8, 4) is 5.75 Å². The third-order valence-electron chi connectivity index (χ3n) is 6.42. The van der Waals surface area contributed by atoms with Gasteiger partial charge >= 0.3 is 0 Å². The minimum Gasteiger partial charge on any atom is -0.508 e. The highest BCUT2D eigenvalue weighted by atomic mass is 16.3. The van der Waals surface area contributed by atoms with E-state index < -0.39 is 29.9 Å². The van der Waals surface area contributed by atoms with Gasteiger partial charge in [-0.1, -0.05) is 58.6 Å². The first-order valence-electron chi connectivity index (χ1n) is 13.0. The van der Waals surface area contributed by atoms with Gasteiger partial charge in [0.2, 0.25) is 17.7 Å². The van der Waals surface area contributed by atoms with Crippen molar-refractivity contribution in [2.45, 2.75) is 103 Å². The van der Waals surface area contributed by atoms with Crippen LogP contribution in [-0.4, -0.2) is 46.7 Å². The summed E-state index contributed by atoms with van der Waals surface area (Å²) in [5.74, 6) is -1.30. The number of benzene rings is 1. The maximum Gasteiger partial charge on any atom is 0.243 e. The maximum atomic E-state index is 13.4. The number of carbonyl (C=O) groups is 4. The number of hydrogen-bond acceptors (Lipinski definition) is 6. The molecule has 0 unspecified atom stereocenters. The molecule has 0 aliphatic carbocycles. The monoisotopic (exact) mass is 504 g/mol. The molecule has 0 saturated carbocycles. The Morgan fingerprint density at radius 2 is 1.56 bits per heavy atom. The molecule has 1 aromatic carbocycles. The van der Waals surface area contributed by atoms with Crippen LogP contribution in [0.3, 0.4) is 0 Å². The fourth-order valence-electron chi connectivity index (χ4n) is 3.87. The Labute approximate surface area is 214 Å². The van der Waals surface area contributed by atoms with Crippen molar-refractivity contribution in [1.82, 2.24) is 10.6 Å². The summed E-state index contributed by atoms with van der Waals surface area (Å²) in [5.41, 5.74) is 11.9. The van der Waals surface area contributed by atoms with Crippen molar-refractivity contribution < 1.29 is 24.3 Å². The van der Waals surface area contributed by atoms with Gasteiger partial charge in [-0.15, -0.1) is 0 Å². The molecule has 0 radical (unpaired) electrons. The Kier molecular flexibility index (Phi) is 14.4. The van der Waals surface area contributed by atoms with Gasteiger partial charge in [0.05, 0.1) is 12.1 Å². The summed E-state index contributed by atoms with van der Waals surface area (Å²) in [6.45, 7) is 5.87. The van der Waals surface area contributed by atoms with Crippen molar-refractivity contribution >= 4 is 23.5 Å². The highest BCUT2D eigenvalue weighted by Gasteiger charge is 2.30. The lowest BCUT2D eigenvalue weighted by Crippen LogP contribution is -2.56. The molecule has 36 heavy (non-hydrogen) atoms. The molecule has 0 aromatic heterocycles. The number of Topliss-reactive ketones (excluding diaryl/α,β-unsaturated/α-hetero) is 1. The minimum atomic E-state index is -0.926. The smallest absolute Gasteiger partial charge is 0.243 e. The molecule has 9 nitrogen and oxygen atoms in total. The van der Waals surface area contributed by atoms with Crippen LogP contribution in [0.25, 0.3) is 0 Å². The van der Waals surface area contributed by atoms with E-state index in [-0.39, 0.29) is 36.2 Å². The van der Waals surface area contributed by atoms with Crippen molar-refractivity contribution in [1.29, 1.82) is 0 Å². The van der Waals surface area contributed by atoms with E-state index in [4.69, 9.17) is 11.5 Å². The number of rotatable bonds is 18. The minimum absolute atomic E-state index is 0.0777. The van der Waals surface area contributed by atoms with Gasteiger partial charge in [-0.3, -0.25) is 19.2 Å². The van der Waals surface area contributed by atoms with E-state index in [0.29, 0.717) is 38.5 Å². The number of phenols is 1. The molecule has 3 amide bonds. The third kappa shape index (κ3) is 11.7. The number of phenolic OH excluding ortho intramolecular Hbond substituents is 1. The molecule has 0 aliphatic heterocycles. The van der Waals surface area contributed by atoms with Gasteiger partial charge < -0.3 is 27.2 Å².